The number of rotatable bonds is 14. The van der Waals surface area contributed by atoms with E-state index in [1.54, 1.807) is 0 Å². The molecule has 2 aliphatic rings. The standard InChI is InChI=1S/C114H81BN2/c1-114(2,3)92-74-109-111-110(75-92)117(113-99(88-50-28-46-84(70-88)78-36-14-6-15-37-78)58-31-59-100(113)89-51-29-47-85(71-89)79-38-16-7-17-39-79)108-73-91(96-65-63-94(81-42-20-9-21-43-81)102-53-23-25-55-104(96)102)61-67-106(108)115(111)105-66-60-90(95-64-62-93(80-40-18-8-19-41-80)101-52-22-24-54-103(95)101)72-107(105)116(109)112-97(86-48-26-44-82(68-86)76-32-10-4-11-33-76)56-30-57-98(112)87-49-27-45-83(69-87)77-34-12-5-13-35-77/h4-75H,1-3H3. The van der Waals surface area contributed by atoms with Gasteiger partial charge in [0.1, 0.15) is 0 Å². The van der Waals surface area contributed by atoms with Crippen molar-refractivity contribution in [2.45, 2.75) is 26.2 Å². The van der Waals surface area contributed by atoms with Crippen molar-refractivity contribution in [2.24, 2.45) is 0 Å². The van der Waals surface area contributed by atoms with Crippen LogP contribution in [0.25, 0.3) is 155 Å². The highest BCUT2D eigenvalue weighted by Gasteiger charge is 2.46. The van der Waals surface area contributed by atoms with Crippen molar-refractivity contribution >= 4 is 78.8 Å². The minimum Gasteiger partial charge on any atom is -0.310 e. The highest BCUT2D eigenvalue weighted by atomic mass is 15.2. The van der Waals surface area contributed by atoms with Crippen molar-refractivity contribution in [3.8, 4) is 134 Å². The molecule has 19 aromatic rings. The molecule has 0 amide bonds. The lowest BCUT2D eigenvalue weighted by atomic mass is 9.33. The fourth-order valence-corrected chi connectivity index (χ4v) is 18.6. The number of hydrogen-bond donors (Lipinski definition) is 0. The zero-order valence-corrected chi connectivity index (χ0v) is 65.5. The topological polar surface area (TPSA) is 6.48 Å². The number of nitrogens with zero attached hydrogens (tertiary/aromatic N) is 2. The molecule has 0 spiro atoms. The molecule has 2 heterocycles. The van der Waals surface area contributed by atoms with Gasteiger partial charge in [0, 0.05) is 45.0 Å². The largest absolute Gasteiger partial charge is 0.310 e. The Morgan fingerprint density at radius 3 is 0.709 bits per heavy atom. The monoisotopic (exact) mass is 1490 g/mol. The van der Waals surface area contributed by atoms with Crippen molar-refractivity contribution in [1.82, 2.24) is 0 Å². The lowest BCUT2D eigenvalue weighted by Gasteiger charge is -2.46. The van der Waals surface area contributed by atoms with Gasteiger partial charge in [-0.25, -0.2) is 0 Å². The smallest absolute Gasteiger partial charge is 0.252 e. The first-order chi connectivity index (χ1) is 57.7. The van der Waals surface area contributed by atoms with Gasteiger partial charge in [-0.2, -0.15) is 0 Å². The van der Waals surface area contributed by atoms with Crippen LogP contribution in [0.1, 0.15) is 26.3 Å². The van der Waals surface area contributed by atoms with Crippen LogP contribution in [0, 0.1) is 0 Å². The van der Waals surface area contributed by atoms with Gasteiger partial charge in [-0.1, -0.05) is 409 Å². The van der Waals surface area contributed by atoms with E-state index in [1.165, 1.54) is 99.1 Å². The Labute approximate surface area is 685 Å². The van der Waals surface area contributed by atoms with Gasteiger partial charge in [0.2, 0.25) is 0 Å². The highest BCUT2D eigenvalue weighted by molar-refractivity contribution is 7.00. The molecule has 3 heteroatoms. The highest BCUT2D eigenvalue weighted by Crippen LogP contribution is 2.56. The van der Waals surface area contributed by atoms with Crippen LogP contribution in [0.3, 0.4) is 0 Å². The number of hydrogen-bond acceptors (Lipinski definition) is 2. The van der Waals surface area contributed by atoms with Crippen LogP contribution < -0.4 is 26.2 Å². The summed E-state index contributed by atoms with van der Waals surface area (Å²) in [5, 5.41) is 4.82. The Hall–Kier alpha value is -14.6. The molecule has 21 rings (SSSR count). The summed E-state index contributed by atoms with van der Waals surface area (Å²) in [6.07, 6.45) is 0. The third-order valence-electron chi connectivity index (χ3n) is 24.2. The normalized spacial score (nSPS) is 12.2. The third kappa shape index (κ3) is 12.6. The van der Waals surface area contributed by atoms with Crippen LogP contribution >= 0.6 is 0 Å². The van der Waals surface area contributed by atoms with E-state index in [9.17, 15) is 0 Å². The fraction of sp³-hybridized carbons (Fsp3) is 0.0351. The zero-order valence-electron chi connectivity index (χ0n) is 65.5. The summed E-state index contributed by atoms with van der Waals surface area (Å²) in [6, 6.07) is 164. The summed E-state index contributed by atoms with van der Waals surface area (Å²) in [4.78, 5) is 5.47. The fourth-order valence-electron chi connectivity index (χ4n) is 18.6. The first kappa shape index (κ1) is 70.2. The predicted octanol–water partition coefficient (Wildman–Crippen LogP) is 29.4. The summed E-state index contributed by atoms with van der Waals surface area (Å²) in [5.74, 6) is 0. The summed E-state index contributed by atoms with van der Waals surface area (Å²) in [6.45, 7) is 6.92. The second-order valence-electron chi connectivity index (χ2n) is 32.2. The number of fused-ring (bicyclic) bond motifs is 6. The molecule has 0 aromatic heterocycles. The zero-order chi connectivity index (χ0) is 78.1. The molecule has 0 saturated heterocycles. The summed E-state index contributed by atoms with van der Waals surface area (Å²) in [5.41, 5.74) is 38.8. The second-order valence-corrected chi connectivity index (χ2v) is 32.2. The quantitative estimate of drug-likeness (QED) is 0.100. The van der Waals surface area contributed by atoms with Crippen molar-refractivity contribution < 1.29 is 0 Å². The van der Waals surface area contributed by atoms with Crippen molar-refractivity contribution in [2.75, 3.05) is 9.80 Å². The minimum atomic E-state index is -0.381. The Morgan fingerprint density at radius 1 is 0.179 bits per heavy atom. The van der Waals surface area contributed by atoms with Crippen LogP contribution in [0.2, 0.25) is 0 Å². The Balaban J connectivity index is 0.907. The van der Waals surface area contributed by atoms with Crippen LogP contribution in [0.5, 0.6) is 0 Å². The number of anilines is 6. The molecular weight excluding hydrogens is 1410 g/mol. The first-order valence-electron chi connectivity index (χ1n) is 40.8. The van der Waals surface area contributed by atoms with E-state index in [0.29, 0.717) is 0 Å². The van der Waals surface area contributed by atoms with Crippen molar-refractivity contribution in [3.05, 3.63) is 442 Å². The Kier molecular flexibility index (Phi) is 17.7. The predicted molar refractivity (Wildman–Crippen MR) is 499 cm³/mol. The van der Waals surface area contributed by atoms with Crippen molar-refractivity contribution in [3.63, 3.8) is 0 Å². The molecule has 0 saturated carbocycles. The van der Waals surface area contributed by atoms with Gasteiger partial charge < -0.3 is 9.80 Å². The summed E-state index contributed by atoms with van der Waals surface area (Å²) >= 11 is 0. The van der Waals surface area contributed by atoms with Gasteiger partial charge in [-0.05, 0) is 209 Å². The maximum Gasteiger partial charge on any atom is 0.252 e. The van der Waals surface area contributed by atoms with E-state index in [-0.39, 0.29) is 12.1 Å². The molecule has 0 unspecified atom stereocenters. The average molecular weight is 1490 g/mol. The molecule has 117 heavy (non-hydrogen) atoms. The molecule has 0 radical (unpaired) electrons. The van der Waals surface area contributed by atoms with Crippen LogP contribution in [0.15, 0.2) is 437 Å². The van der Waals surface area contributed by atoms with Gasteiger partial charge in [-0.15, -0.1) is 0 Å². The molecule has 0 fully saturated rings. The van der Waals surface area contributed by atoms with Gasteiger partial charge in [0.25, 0.3) is 6.71 Å². The van der Waals surface area contributed by atoms with E-state index in [4.69, 9.17) is 0 Å². The molecule has 0 atom stereocenters. The summed E-state index contributed by atoms with van der Waals surface area (Å²) in [7, 11) is 0. The van der Waals surface area contributed by atoms with E-state index < -0.39 is 0 Å². The van der Waals surface area contributed by atoms with Gasteiger partial charge in [-0.3, -0.25) is 0 Å². The second kappa shape index (κ2) is 29.4. The lowest BCUT2D eigenvalue weighted by Crippen LogP contribution is -2.61. The van der Waals surface area contributed by atoms with Gasteiger partial charge >= 0.3 is 0 Å². The van der Waals surface area contributed by atoms with E-state index in [2.05, 4.69) is 467 Å². The number of para-hydroxylation sites is 2. The SMILES string of the molecule is CC(C)(C)c1cc2c3c(c1)N(c1c(-c4cccc(-c5ccccc5)c4)cccc1-c1cccc(-c4ccccc4)c1)c1cc(-c4ccc(-c5ccccc5)c5ccccc45)ccc1B3c1ccc(-c3ccc(-c4ccccc4)c4ccccc34)cc1N2c1c(-c2cccc(-c3ccccc3)c2)cccc1-c1cccc(-c2ccccc2)c1. The molecule has 0 bridgehead atoms. The van der Waals surface area contributed by atoms with Crippen LogP contribution in [-0.2, 0) is 5.41 Å². The maximum atomic E-state index is 2.73. The van der Waals surface area contributed by atoms with Gasteiger partial charge in [0.15, 0.2) is 0 Å². The molecule has 0 N–H and O–H groups in total. The van der Waals surface area contributed by atoms with E-state index in [0.717, 1.165) is 112 Å². The van der Waals surface area contributed by atoms with Crippen LogP contribution in [0.4, 0.5) is 34.1 Å². The van der Waals surface area contributed by atoms with E-state index in [1.807, 2.05) is 0 Å². The molecule has 2 aliphatic heterocycles. The van der Waals surface area contributed by atoms with Crippen molar-refractivity contribution in [1.29, 1.82) is 0 Å². The Bertz CT molecular complexity index is 6410. The first-order valence-corrected chi connectivity index (χ1v) is 40.8. The molecule has 19 aromatic carbocycles. The van der Waals surface area contributed by atoms with Crippen LogP contribution in [-0.4, -0.2) is 6.71 Å². The van der Waals surface area contributed by atoms with Gasteiger partial charge in [0.05, 0.1) is 11.4 Å². The summed E-state index contributed by atoms with van der Waals surface area (Å²) < 4.78 is 0. The third-order valence-corrected chi connectivity index (χ3v) is 24.2. The number of benzene rings is 19. The molecule has 550 valence electrons. The minimum absolute atomic E-state index is 0.282. The molecular formula is C114H81BN2. The lowest BCUT2D eigenvalue weighted by molar-refractivity contribution is 0.590. The molecule has 2 nitrogen and oxygen atoms in total. The van der Waals surface area contributed by atoms with E-state index >= 15 is 0 Å². The maximum absolute atomic E-state index is 2.73. The average Bonchev–Trinajstić information content (AvgIpc) is 0.685. The molecule has 0 aliphatic carbocycles. The Morgan fingerprint density at radius 2 is 0.419 bits per heavy atom.